The van der Waals surface area contributed by atoms with E-state index in [1.807, 2.05) is 23.1 Å². The zero-order chi connectivity index (χ0) is 20.1. The Balaban J connectivity index is 0.00000256. The summed E-state index contributed by atoms with van der Waals surface area (Å²) in [5, 5.41) is 0. The number of carbonyl (C=O) groups is 1. The van der Waals surface area contributed by atoms with Crippen molar-refractivity contribution in [1.82, 2.24) is 4.90 Å². The number of carbonyl (C=O) groups excluding carboxylic acids is 1. The Bertz CT molecular complexity index is 919. The van der Waals surface area contributed by atoms with E-state index in [0.717, 1.165) is 50.1 Å². The lowest BCUT2D eigenvalue weighted by Gasteiger charge is -2.38. The minimum atomic E-state index is -0.0490. The number of nitrogens with zero attached hydrogens (tertiary/aromatic N) is 2. The molecule has 30 heavy (non-hydrogen) atoms. The second-order valence-corrected chi connectivity index (χ2v) is 7.75. The number of aryl methyl sites for hydroxylation is 1. The second-order valence-electron chi connectivity index (χ2n) is 7.75. The minimum absolute atomic E-state index is 0. The molecule has 0 unspecified atom stereocenters. The molecule has 0 atom stereocenters. The predicted molar refractivity (Wildman–Crippen MR) is 124 cm³/mol. The highest BCUT2D eigenvalue weighted by Gasteiger charge is 2.31. The highest BCUT2D eigenvalue weighted by molar-refractivity contribution is 6.05. The van der Waals surface area contributed by atoms with Gasteiger partial charge >= 0.3 is 0 Å². The third kappa shape index (κ3) is 5.13. The lowest BCUT2D eigenvalue weighted by atomic mass is 10.00. The first kappa shape index (κ1) is 22.1. The maximum Gasteiger partial charge on any atom is 0.294 e. The molecule has 158 valence electrons. The molecule has 0 bridgehead atoms. The average Bonchev–Trinajstić information content (AvgIpc) is 3.30. The van der Waals surface area contributed by atoms with Crippen LogP contribution in [0.25, 0.3) is 0 Å². The first-order chi connectivity index (χ1) is 14.2. The van der Waals surface area contributed by atoms with E-state index in [4.69, 9.17) is 4.42 Å². The van der Waals surface area contributed by atoms with Crippen molar-refractivity contribution in [1.29, 1.82) is 0 Å². The van der Waals surface area contributed by atoms with Gasteiger partial charge in [-0.25, -0.2) is 0 Å². The SMILES string of the molecule is Cc1ccccc1N(C(=O)c1ccco1)C1CCN(CCc2ccccc2)CC1.Cl. The summed E-state index contributed by atoms with van der Waals surface area (Å²) >= 11 is 0. The molecule has 0 N–H and O–H groups in total. The number of furan rings is 1. The number of para-hydroxylation sites is 1. The van der Waals surface area contributed by atoms with Crippen LogP contribution in [0.1, 0.15) is 34.5 Å². The van der Waals surface area contributed by atoms with Gasteiger partial charge in [0, 0.05) is 31.4 Å². The molecule has 2 aromatic carbocycles. The van der Waals surface area contributed by atoms with Crippen molar-refractivity contribution < 1.29 is 9.21 Å². The van der Waals surface area contributed by atoms with Crippen LogP contribution in [0.5, 0.6) is 0 Å². The largest absolute Gasteiger partial charge is 0.459 e. The van der Waals surface area contributed by atoms with Gasteiger partial charge in [0.05, 0.1) is 6.26 Å². The molecule has 1 aliphatic heterocycles. The molecule has 1 aliphatic rings. The molecule has 0 radical (unpaired) electrons. The molecule has 1 fully saturated rings. The summed E-state index contributed by atoms with van der Waals surface area (Å²) < 4.78 is 5.44. The van der Waals surface area contributed by atoms with Gasteiger partial charge in [0.15, 0.2) is 5.76 Å². The number of hydrogen-bond acceptors (Lipinski definition) is 3. The molecule has 0 spiro atoms. The molecule has 3 aromatic rings. The van der Waals surface area contributed by atoms with Crippen molar-refractivity contribution in [3.63, 3.8) is 0 Å². The molecule has 1 saturated heterocycles. The Hall–Kier alpha value is -2.56. The fourth-order valence-corrected chi connectivity index (χ4v) is 4.16. The van der Waals surface area contributed by atoms with Crippen LogP contribution in [-0.4, -0.2) is 36.5 Å². The summed E-state index contributed by atoms with van der Waals surface area (Å²) in [6, 6.07) is 22.5. The van der Waals surface area contributed by atoms with E-state index in [1.54, 1.807) is 18.4 Å². The maximum absolute atomic E-state index is 13.3. The van der Waals surface area contributed by atoms with Crippen LogP contribution in [0, 0.1) is 6.92 Å². The van der Waals surface area contributed by atoms with Crippen LogP contribution >= 0.6 is 12.4 Å². The number of rotatable bonds is 6. The van der Waals surface area contributed by atoms with Gasteiger partial charge in [-0.15, -0.1) is 12.4 Å². The van der Waals surface area contributed by atoms with Crippen LogP contribution in [0.2, 0.25) is 0 Å². The second kappa shape index (κ2) is 10.5. The quantitative estimate of drug-likeness (QED) is 0.534. The molecule has 4 rings (SSSR count). The van der Waals surface area contributed by atoms with Gasteiger partial charge in [-0.2, -0.15) is 0 Å². The zero-order valence-electron chi connectivity index (χ0n) is 17.4. The molecule has 2 heterocycles. The summed E-state index contributed by atoms with van der Waals surface area (Å²) in [5.41, 5.74) is 3.47. The Labute approximate surface area is 184 Å². The first-order valence-electron chi connectivity index (χ1n) is 10.4. The van der Waals surface area contributed by atoms with Crippen molar-refractivity contribution in [2.75, 3.05) is 24.5 Å². The summed E-state index contributed by atoms with van der Waals surface area (Å²) in [5.74, 6) is 0.354. The maximum atomic E-state index is 13.3. The Morgan fingerprint density at radius 2 is 1.70 bits per heavy atom. The normalized spacial score (nSPS) is 14.8. The summed E-state index contributed by atoms with van der Waals surface area (Å²) in [6.45, 7) is 5.14. The average molecular weight is 425 g/mol. The molecule has 1 amide bonds. The Morgan fingerprint density at radius 3 is 2.37 bits per heavy atom. The number of anilines is 1. The van der Waals surface area contributed by atoms with E-state index in [0.29, 0.717) is 5.76 Å². The topological polar surface area (TPSA) is 36.7 Å². The van der Waals surface area contributed by atoms with E-state index in [2.05, 4.69) is 48.2 Å². The molecule has 1 aromatic heterocycles. The van der Waals surface area contributed by atoms with Crippen molar-refractivity contribution in [3.8, 4) is 0 Å². The van der Waals surface area contributed by atoms with Crippen molar-refractivity contribution in [3.05, 3.63) is 89.9 Å². The van der Waals surface area contributed by atoms with E-state index in [-0.39, 0.29) is 24.4 Å². The third-order valence-corrected chi connectivity index (χ3v) is 5.81. The number of hydrogen-bond donors (Lipinski definition) is 0. The third-order valence-electron chi connectivity index (χ3n) is 5.81. The van der Waals surface area contributed by atoms with Gasteiger partial charge in [-0.05, 0) is 55.5 Å². The van der Waals surface area contributed by atoms with Crippen molar-refractivity contribution in [2.24, 2.45) is 0 Å². The van der Waals surface area contributed by atoms with E-state index >= 15 is 0 Å². The molecule has 4 nitrogen and oxygen atoms in total. The summed E-state index contributed by atoms with van der Waals surface area (Å²) in [4.78, 5) is 17.7. The standard InChI is InChI=1S/C25H28N2O2.ClH/c1-20-8-5-6-11-23(20)27(25(28)24-12-7-19-29-24)22-14-17-26(18-15-22)16-13-21-9-3-2-4-10-21;/h2-12,19,22H,13-18H2,1H3;1H. The highest BCUT2D eigenvalue weighted by atomic mass is 35.5. The molecule has 0 saturated carbocycles. The van der Waals surface area contributed by atoms with Gasteiger partial charge in [-0.1, -0.05) is 48.5 Å². The van der Waals surface area contributed by atoms with Gasteiger partial charge in [0.25, 0.3) is 5.91 Å². The number of piperidine rings is 1. The Kier molecular flexibility index (Phi) is 7.72. The molecular weight excluding hydrogens is 396 g/mol. The van der Waals surface area contributed by atoms with E-state index < -0.39 is 0 Å². The van der Waals surface area contributed by atoms with Crippen LogP contribution in [0.15, 0.2) is 77.4 Å². The zero-order valence-corrected chi connectivity index (χ0v) is 18.2. The fourth-order valence-electron chi connectivity index (χ4n) is 4.16. The van der Waals surface area contributed by atoms with E-state index in [9.17, 15) is 4.79 Å². The van der Waals surface area contributed by atoms with Gasteiger partial charge in [0.2, 0.25) is 0 Å². The number of likely N-dealkylation sites (tertiary alicyclic amines) is 1. The van der Waals surface area contributed by atoms with Crippen molar-refractivity contribution in [2.45, 2.75) is 32.2 Å². The highest BCUT2D eigenvalue weighted by Crippen LogP contribution is 2.28. The predicted octanol–water partition coefficient (Wildman–Crippen LogP) is 5.36. The first-order valence-corrected chi connectivity index (χ1v) is 10.4. The Morgan fingerprint density at radius 1 is 1.00 bits per heavy atom. The molecule has 0 aliphatic carbocycles. The molecule has 5 heteroatoms. The minimum Gasteiger partial charge on any atom is -0.459 e. The van der Waals surface area contributed by atoms with Crippen LogP contribution in [-0.2, 0) is 6.42 Å². The lowest BCUT2D eigenvalue weighted by molar-refractivity contribution is 0.0933. The van der Waals surface area contributed by atoms with Crippen LogP contribution in [0.3, 0.4) is 0 Å². The smallest absolute Gasteiger partial charge is 0.294 e. The fraction of sp³-hybridized carbons (Fsp3) is 0.320. The van der Waals surface area contributed by atoms with Gasteiger partial charge < -0.3 is 14.2 Å². The van der Waals surface area contributed by atoms with Gasteiger partial charge in [-0.3, -0.25) is 4.79 Å². The monoisotopic (exact) mass is 424 g/mol. The van der Waals surface area contributed by atoms with E-state index in [1.165, 1.54) is 5.56 Å². The summed E-state index contributed by atoms with van der Waals surface area (Å²) in [7, 11) is 0. The van der Waals surface area contributed by atoms with Crippen LogP contribution < -0.4 is 4.90 Å². The van der Waals surface area contributed by atoms with Gasteiger partial charge in [0.1, 0.15) is 0 Å². The number of amides is 1. The van der Waals surface area contributed by atoms with Crippen molar-refractivity contribution >= 4 is 24.0 Å². The number of benzene rings is 2. The number of halogens is 1. The lowest BCUT2D eigenvalue weighted by Crippen LogP contribution is -2.48. The van der Waals surface area contributed by atoms with Crippen LogP contribution in [0.4, 0.5) is 5.69 Å². The molecular formula is C25H29ClN2O2. The summed E-state index contributed by atoms with van der Waals surface area (Å²) in [6.07, 6.45) is 4.57.